The van der Waals surface area contributed by atoms with Gasteiger partial charge in [-0.15, -0.1) is 11.3 Å². The van der Waals surface area contributed by atoms with Crippen molar-refractivity contribution in [2.75, 3.05) is 20.2 Å². The molecule has 0 aliphatic carbocycles. The summed E-state index contributed by atoms with van der Waals surface area (Å²) >= 11 is 1.68. The maximum atomic E-state index is 12.9. The zero-order valence-electron chi connectivity index (χ0n) is 17.5. The van der Waals surface area contributed by atoms with E-state index in [9.17, 15) is 4.79 Å². The summed E-state index contributed by atoms with van der Waals surface area (Å²) in [7, 11) is 1.68. The van der Waals surface area contributed by atoms with Crippen LogP contribution in [0.2, 0.25) is 0 Å². The van der Waals surface area contributed by atoms with Crippen molar-refractivity contribution in [3.63, 3.8) is 0 Å². The Hall–Kier alpha value is -2.73. The predicted octanol–water partition coefficient (Wildman–Crippen LogP) is 5.11. The van der Waals surface area contributed by atoms with Gasteiger partial charge in [0.1, 0.15) is 5.75 Å². The Bertz CT molecular complexity index is 989. The standard InChI is InChI=1S/C24H27N3O2S/c1-17(18-9-11-25-12-10-18)14-23(28)27-13-5-6-19(15-27)24-26-21(16-30-24)20-7-3-4-8-22(20)29-2/h3-4,7-12,16-17,19H,5-6,13-15H2,1-2H3/t17-,19-/m0/s1. The van der Waals surface area contributed by atoms with Crippen LogP contribution in [0.25, 0.3) is 11.3 Å². The lowest BCUT2D eigenvalue weighted by Crippen LogP contribution is -2.39. The first kappa shape index (κ1) is 20.5. The number of carbonyl (C=O) groups excluding carboxylic acids is 1. The Morgan fingerprint density at radius 2 is 2.07 bits per heavy atom. The van der Waals surface area contributed by atoms with Crippen molar-refractivity contribution in [1.29, 1.82) is 0 Å². The molecule has 1 fully saturated rings. The quantitative estimate of drug-likeness (QED) is 0.555. The van der Waals surface area contributed by atoms with Gasteiger partial charge in [0.15, 0.2) is 0 Å². The number of nitrogens with zero attached hydrogens (tertiary/aromatic N) is 3. The highest BCUT2D eigenvalue weighted by Crippen LogP contribution is 2.35. The van der Waals surface area contributed by atoms with Gasteiger partial charge in [0, 0.05) is 48.8 Å². The number of hydrogen-bond acceptors (Lipinski definition) is 5. The third-order valence-corrected chi connectivity index (χ3v) is 6.79. The van der Waals surface area contributed by atoms with Crippen LogP contribution >= 0.6 is 11.3 Å². The molecule has 0 unspecified atom stereocenters. The van der Waals surface area contributed by atoms with Crippen molar-refractivity contribution in [3.05, 3.63) is 64.7 Å². The van der Waals surface area contributed by atoms with Gasteiger partial charge in [-0.25, -0.2) is 4.98 Å². The molecule has 1 saturated heterocycles. The maximum absolute atomic E-state index is 12.9. The first-order chi connectivity index (χ1) is 14.7. The molecule has 0 radical (unpaired) electrons. The van der Waals surface area contributed by atoms with Gasteiger partial charge >= 0.3 is 0 Å². The van der Waals surface area contributed by atoms with Crippen LogP contribution in [-0.2, 0) is 4.79 Å². The summed E-state index contributed by atoms with van der Waals surface area (Å²) in [5.41, 5.74) is 3.12. The van der Waals surface area contributed by atoms with Crippen LogP contribution in [0.5, 0.6) is 5.75 Å². The molecule has 156 valence electrons. The average Bonchev–Trinajstić information content (AvgIpc) is 3.30. The number of thiazole rings is 1. The highest BCUT2D eigenvalue weighted by Gasteiger charge is 2.28. The molecule has 30 heavy (non-hydrogen) atoms. The SMILES string of the molecule is COc1ccccc1-c1csc([C@H]2CCCN(C(=O)C[C@H](C)c3ccncc3)C2)n1. The molecule has 0 N–H and O–H groups in total. The molecule has 3 aromatic rings. The van der Waals surface area contributed by atoms with E-state index in [0.29, 0.717) is 12.3 Å². The van der Waals surface area contributed by atoms with Crippen LogP contribution < -0.4 is 4.74 Å². The number of hydrogen-bond donors (Lipinski definition) is 0. The second-order valence-electron chi connectivity index (χ2n) is 7.84. The lowest BCUT2D eigenvalue weighted by Gasteiger charge is -2.32. The summed E-state index contributed by atoms with van der Waals surface area (Å²) in [6, 6.07) is 11.9. The molecular weight excluding hydrogens is 394 g/mol. The molecule has 6 heteroatoms. The minimum Gasteiger partial charge on any atom is -0.496 e. The van der Waals surface area contributed by atoms with E-state index in [1.807, 2.05) is 41.3 Å². The van der Waals surface area contributed by atoms with E-state index in [-0.39, 0.29) is 11.8 Å². The summed E-state index contributed by atoms with van der Waals surface area (Å²) in [5.74, 6) is 1.55. The molecule has 1 amide bonds. The van der Waals surface area contributed by atoms with Crippen molar-refractivity contribution >= 4 is 17.2 Å². The van der Waals surface area contributed by atoms with Crippen molar-refractivity contribution in [3.8, 4) is 17.0 Å². The van der Waals surface area contributed by atoms with E-state index in [1.165, 1.54) is 0 Å². The van der Waals surface area contributed by atoms with E-state index >= 15 is 0 Å². The number of aromatic nitrogens is 2. The van der Waals surface area contributed by atoms with Crippen LogP contribution in [0.4, 0.5) is 0 Å². The van der Waals surface area contributed by atoms with Gasteiger partial charge < -0.3 is 9.64 Å². The van der Waals surface area contributed by atoms with Crippen LogP contribution in [0.1, 0.15) is 48.6 Å². The summed E-state index contributed by atoms with van der Waals surface area (Å²) in [4.78, 5) is 23.9. The Labute approximate surface area is 181 Å². The molecule has 3 heterocycles. The van der Waals surface area contributed by atoms with Crippen molar-refractivity contribution in [2.24, 2.45) is 0 Å². The smallest absolute Gasteiger partial charge is 0.223 e. The molecule has 1 aliphatic heterocycles. The lowest BCUT2D eigenvalue weighted by molar-refractivity contribution is -0.132. The number of methoxy groups -OCH3 is 1. The number of likely N-dealkylation sites (tertiary alicyclic amines) is 1. The molecular formula is C24H27N3O2S. The highest BCUT2D eigenvalue weighted by molar-refractivity contribution is 7.10. The summed E-state index contributed by atoms with van der Waals surface area (Å²) < 4.78 is 5.48. The fourth-order valence-corrected chi connectivity index (χ4v) is 5.01. The molecule has 2 aromatic heterocycles. The molecule has 4 rings (SSSR count). The molecule has 0 saturated carbocycles. The largest absolute Gasteiger partial charge is 0.496 e. The van der Waals surface area contributed by atoms with Crippen molar-refractivity contribution < 1.29 is 9.53 Å². The van der Waals surface area contributed by atoms with E-state index in [1.54, 1.807) is 30.8 Å². The highest BCUT2D eigenvalue weighted by atomic mass is 32.1. The van der Waals surface area contributed by atoms with E-state index in [2.05, 4.69) is 17.3 Å². The number of para-hydroxylation sites is 1. The van der Waals surface area contributed by atoms with E-state index in [4.69, 9.17) is 9.72 Å². The topological polar surface area (TPSA) is 55.3 Å². The first-order valence-electron chi connectivity index (χ1n) is 10.4. The number of pyridine rings is 1. The monoisotopic (exact) mass is 421 g/mol. The normalized spacial score (nSPS) is 17.5. The second-order valence-corrected chi connectivity index (χ2v) is 8.73. The molecule has 1 aliphatic rings. The minimum absolute atomic E-state index is 0.192. The van der Waals surface area contributed by atoms with Gasteiger partial charge in [-0.2, -0.15) is 0 Å². The second kappa shape index (κ2) is 9.39. The summed E-state index contributed by atoms with van der Waals surface area (Å²) in [5, 5.41) is 3.20. The van der Waals surface area contributed by atoms with Gasteiger partial charge in [-0.3, -0.25) is 9.78 Å². The fraction of sp³-hybridized carbons (Fsp3) is 0.375. The number of ether oxygens (including phenoxy) is 1. The van der Waals surface area contributed by atoms with Gasteiger partial charge in [-0.05, 0) is 48.6 Å². The fourth-order valence-electron chi connectivity index (χ4n) is 4.06. The molecule has 1 aromatic carbocycles. The molecule has 5 nitrogen and oxygen atoms in total. The van der Waals surface area contributed by atoms with Crippen LogP contribution in [0.3, 0.4) is 0 Å². The van der Waals surface area contributed by atoms with Crippen LogP contribution in [-0.4, -0.2) is 41.0 Å². The summed E-state index contributed by atoms with van der Waals surface area (Å²) in [6.07, 6.45) is 6.19. The Balaban J connectivity index is 1.43. The zero-order valence-corrected chi connectivity index (χ0v) is 18.3. The van der Waals surface area contributed by atoms with Gasteiger partial charge in [0.2, 0.25) is 5.91 Å². The van der Waals surface area contributed by atoms with Crippen LogP contribution in [0, 0.1) is 0 Å². The van der Waals surface area contributed by atoms with Crippen LogP contribution in [0.15, 0.2) is 54.2 Å². The first-order valence-corrected chi connectivity index (χ1v) is 11.3. The molecule has 0 spiro atoms. The molecule has 0 bridgehead atoms. The predicted molar refractivity (Wildman–Crippen MR) is 120 cm³/mol. The Morgan fingerprint density at radius 3 is 2.87 bits per heavy atom. The van der Waals surface area contributed by atoms with E-state index in [0.717, 1.165) is 53.5 Å². The van der Waals surface area contributed by atoms with Gasteiger partial charge in [0.25, 0.3) is 0 Å². The third-order valence-electron chi connectivity index (χ3n) is 5.78. The number of piperidine rings is 1. The number of benzene rings is 1. The lowest BCUT2D eigenvalue weighted by atomic mass is 9.95. The van der Waals surface area contributed by atoms with E-state index < -0.39 is 0 Å². The zero-order chi connectivity index (χ0) is 20.9. The molecule has 2 atom stereocenters. The Morgan fingerprint density at radius 1 is 1.27 bits per heavy atom. The average molecular weight is 422 g/mol. The van der Waals surface area contributed by atoms with Crippen molar-refractivity contribution in [1.82, 2.24) is 14.9 Å². The van der Waals surface area contributed by atoms with Gasteiger partial charge in [-0.1, -0.05) is 19.1 Å². The Kier molecular flexibility index (Phi) is 6.43. The van der Waals surface area contributed by atoms with Gasteiger partial charge in [0.05, 0.1) is 17.8 Å². The number of rotatable bonds is 6. The number of carbonyl (C=O) groups is 1. The summed E-state index contributed by atoms with van der Waals surface area (Å²) in [6.45, 7) is 3.69. The van der Waals surface area contributed by atoms with Crippen molar-refractivity contribution in [2.45, 2.75) is 38.0 Å². The third kappa shape index (κ3) is 4.54. The number of amides is 1. The maximum Gasteiger partial charge on any atom is 0.223 e. The minimum atomic E-state index is 0.192.